The number of piperidine rings is 1. The number of aromatic nitrogens is 1. The van der Waals surface area contributed by atoms with E-state index in [0.717, 1.165) is 36.2 Å². The maximum Gasteiger partial charge on any atom is 0.143 e. The highest BCUT2D eigenvalue weighted by Gasteiger charge is 2.24. The second kappa shape index (κ2) is 5.04. The van der Waals surface area contributed by atoms with Crippen molar-refractivity contribution in [1.82, 2.24) is 4.98 Å². The summed E-state index contributed by atoms with van der Waals surface area (Å²) in [5.41, 5.74) is 6.78. The second-order valence-electron chi connectivity index (χ2n) is 4.51. The summed E-state index contributed by atoms with van der Waals surface area (Å²) in [4.78, 5) is 6.64. The maximum absolute atomic E-state index is 7.56. The van der Waals surface area contributed by atoms with Crippen LogP contribution in [0.25, 0.3) is 0 Å². The van der Waals surface area contributed by atoms with E-state index in [1.165, 1.54) is 5.56 Å². The van der Waals surface area contributed by atoms with Crippen LogP contribution in [-0.2, 0) is 0 Å². The first kappa shape index (κ1) is 12.4. The molecule has 0 radical (unpaired) electrons. The quantitative estimate of drug-likeness (QED) is 0.650. The molecule has 1 aromatic heterocycles. The van der Waals surface area contributed by atoms with Crippen molar-refractivity contribution in [3.63, 3.8) is 0 Å². The van der Waals surface area contributed by atoms with Gasteiger partial charge >= 0.3 is 0 Å². The molecule has 5 heteroatoms. The van der Waals surface area contributed by atoms with Gasteiger partial charge in [0, 0.05) is 25.2 Å². The van der Waals surface area contributed by atoms with E-state index >= 15 is 0 Å². The van der Waals surface area contributed by atoms with Crippen LogP contribution in [0.3, 0.4) is 0 Å². The number of pyridine rings is 1. The van der Waals surface area contributed by atoms with Crippen LogP contribution in [0, 0.1) is 18.3 Å². The van der Waals surface area contributed by atoms with Gasteiger partial charge in [0.15, 0.2) is 0 Å². The van der Waals surface area contributed by atoms with E-state index in [1.807, 2.05) is 12.3 Å². The lowest BCUT2D eigenvalue weighted by Gasteiger charge is -2.33. The molecule has 0 aliphatic carbocycles. The lowest BCUT2D eigenvalue weighted by molar-refractivity contribution is 0.499. The van der Waals surface area contributed by atoms with Crippen molar-refractivity contribution in [3.8, 4) is 0 Å². The fourth-order valence-corrected chi connectivity index (χ4v) is 2.66. The monoisotopic (exact) mass is 296 g/mol. The number of nitrogens with two attached hydrogens (primary N) is 1. The van der Waals surface area contributed by atoms with Gasteiger partial charge in [-0.15, -0.1) is 0 Å². The summed E-state index contributed by atoms with van der Waals surface area (Å²) in [6.45, 7) is 3.84. The van der Waals surface area contributed by atoms with Gasteiger partial charge in [0.05, 0.1) is 10.3 Å². The van der Waals surface area contributed by atoms with Gasteiger partial charge in [-0.25, -0.2) is 4.98 Å². The van der Waals surface area contributed by atoms with E-state index in [1.54, 1.807) is 0 Å². The minimum atomic E-state index is 0.165. The Balaban J connectivity index is 2.22. The van der Waals surface area contributed by atoms with Crippen LogP contribution in [0.15, 0.2) is 16.7 Å². The van der Waals surface area contributed by atoms with E-state index in [-0.39, 0.29) is 5.92 Å². The van der Waals surface area contributed by atoms with Gasteiger partial charge in [-0.2, -0.15) is 0 Å². The van der Waals surface area contributed by atoms with Gasteiger partial charge in [0.25, 0.3) is 0 Å². The highest BCUT2D eigenvalue weighted by Crippen LogP contribution is 2.30. The van der Waals surface area contributed by atoms with Crippen LogP contribution < -0.4 is 10.6 Å². The van der Waals surface area contributed by atoms with Crippen LogP contribution in [0.2, 0.25) is 0 Å². The molecule has 1 aromatic rings. The third-order valence-electron chi connectivity index (χ3n) is 3.22. The maximum atomic E-state index is 7.56. The molecule has 0 amide bonds. The molecule has 3 N–H and O–H groups in total. The molecule has 4 nitrogen and oxygen atoms in total. The molecule has 92 valence electrons. The number of hydrogen-bond acceptors (Lipinski definition) is 3. The molecular formula is C12H17BrN4. The Morgan fingerprint density at radius 1 is 1.65 bits per heavy atom. The van der Waals surface area contributed by atoms with Gasteiger partial charge in [-0.1, -0.05) is 0 Å². The molecule has 1 atom stereocenters. The van der Waals surface area contributed by atoms with E-state index in [9.17, 15) is 0 Å². The fourth-order valence-electron chi connectivity index (χ4n) is 2.17. The van der Waals surface area contributed by atoms with Crippen LogP contribution >= 0.6 is 15.9 Å². The first-order chi connectivity index (χ1) is 8.09. The molecule has 2 heterocycles. The van der Waals surface area contributed by atoms with Gasteiger partial charge in [0.2, 0.25) is 0 Å². The van der Waals surface area contributed by atoms with Crippen molar-refractivity contribution in [2.45, 2.75) is 19.8 Å². The zero-order valence-corrected chi connectivity index (χ0v) is 11.5. The Kier molecular flexibility index (Phi) is 3.66. The lowest BCUT2D eigenvalue weighted by Crippen LogP contribution is -2.41. The first-order valence-corrected chi connectivity index (χ1v) is 6.59. The summed E-state index contributed by atoms with van der Waals surface area (Å²) < 4.78 is 1.05. The van der Waals surface area contributed by atoms with Crippen LogP contribution in [-0.4, -0.2) is 23.9 Å². The highest BCUT2D eigenvalue weighted by molar-refractivity contribution is 9.10. The smallest absolute Gasteiger partial charge is 0.143 e. The van der Waals surface area contributed by atoms with Crippen LogP contribution in [0.5, 0.6) is 0 Å². The molecule has 1 fully saturated rings. The van der Waals surface area contributed by atoms with Crippen molar-refractivity contribution in [2.24, 2.45) is 11.7 Å². The number of amidine groups is 1. The van der Waals surface area contributed by atoms with Crippen LogP contribution in [0.4, 0.5) is 5.82 Å². The fraction of sp³-hybridized carbons (Fsp3) is 0.500. The van der Waals surface area contributed by atoms with Crippen molar-refractivity contribution in [1.29, 1.82) is 5.41 Å². The Labute approximate surface area is 110 Å². The summed E-state index contributed by atoms with van der Waals surface area (Å²) in [5.74, 6) is 1.42. The number of halogens is 1. The summed E-state index contributed by atoms with van der Waals surface area (Å²) >= 11 is 3.58. The molecule has 0 spiro atoms. The Morgan fingerprint density at radius 2 is 2.41 bits per heavy atom. The number of hydrogen-bond donors (Lipinski definition) is 2. The van der Waals surface area contributed by atoms with Gasteiger partial charge in [-0.3, -0.25) is 5.41 Å². The molecule has 1 saturated heterocycles. The van der Waals surface area contributed by atoms with Gasteiger partial charge < -0.3 is 10.6 Å². The largest absolute Gasteiger partial charge is 0.387 e. The zero-order valence-electron chi connectivity index (χ0n) is 9.91. The molecule has 0 saturated carbocycles. The highest BCUT2D eigenvalue weighted by atomic mass is 79.9. The molecule has 2 rings (SSSR count). The predicted molar refractivity (Wildman–Crippen MR) is 73.5 cm³/mol. The molecular weight excluding hydrogens is 280 g/mol. The third kappa shape index (κ3) is 2.60. The summed E-state index contributed by atoms with van der Waals surface area (Å²) in [7, 11) is 0. The Bertz CT molecular complexity index is 433. The topological polar surface area (TPSA) is 66.0 Å². The molecule has 1 aliphatic heterocycles. The number of aryl methyl sites for hydroxylation is 1. The molecule has 1 aliphatic rings. The summed E-state index contributed by atoms with van der Waals surface area (Å²) in [6.07, 6.45) is 3.90. The minimum absolute atomic E-state index is 0.165. The van der Waals surface area contributed by atoms with E-state index in [2.05, 4.69) is 32.7 Å². The zero-order chi connectivity index (χ0) is 12.4. The van der Waals surface area contributed by atoms with Crippen molar-refractivity contribution in [2.75, 3.05) is 18.0 Å². The molecule has 0 aromatic carbocycles. The van der Waals surface area contributed by atoms with E-state index < -0.39 is 0 Å². The molecule has 1 unspecified atom stereocenters. The minimum Gasteiger partial charge on any atom is -0.387 e. The van der Waals surface area contributed by atoms with Crippen molar-refractivity contribution < 1.29 is 0 Å². The summed E-state index contributed by atoms with van der Waals surface area (Å²) in [5, 5.41) is 7.56. The van der Waals surface area contributed by atoms with E-state index in [4.69, 9.17) is 11.1 Å². The van der Waals surface area contributed by atoms with E-state index in [0.29, 0.717) is 5.84 Å². The standard InChI is InChI=1S/C12H17BrN4/c1-8-4-5-16-12(10(8)13)17-6-2-3-9(7-17)11(14)15/h4-5,9H,2-3,6-7H2,1H3,(H3,14,15). The average Bonchev–Trinajstić information content (AvgIpc) is 2.33. The predicted octanol–water partition coefficient (Wildman–Crippen LogP) is 2.30. The number of rotatable bonds is 2. The second-order valence-corrected chi connectivity index (χ2v) is 5.30. The third-order valence-corrected chi connectivity index (χ3v) is 4.20. The number of nitrogens with zero attached hydrogens (tertiary/aromatic N) is 2. The average molecular weight is 297 g/mol. The number of anilines is 1. The van der Waals surface area contributed by atoms with Gasteiger partial charge in [-0.05, 0) is 47.3 Å². The summed E-state index contributed by atoms with van der Waals surface area (Å²) in [6, 6.07) is 1.99. The normalized spacial score (nSPS) is 20.4. The van der Waals surface area contributed by atoms with Crippen molar-refractivity contribution in [3.05, 3.63) is 22.3 Å². The molecule has 17 heavy (non-hydrogen) atoms. The van der Waals surface area contributed by atoms with Crippen molar-refractivity contribution >= 4 is 27.6 Å². The van der Waals surface area contributed by atoms with Crippen LogP contribution in [0.1, 0.15) is 18.4 Å². The number of nitrogens with one attached hydrogen (secondary N) is 1. The Hall–Kier alpha value is -1.10. The molecule has 0 bridgehead atoms. The van der Waals surface area contributed by atoms with Gasteiger partial charge in [0.1, 0.15) is 5.82 Å². The Morgan fingerprint density at radius 3 is 3.12 bits per heavy atom. The SMILES string of the molecule is Cc1ccnc(N2CCCC(C(=N)N)C2)c1Br. The lowest BCUT2D eigenvalue weighted by atomic mass is 9.97. The first-order valence-electron chi connectivity index (χ1n) is 5.79.